The van der Waals surface area contributed by atoms with E-state index in [1.165, 1.54) is 0 Å². The van der Waals surface area contributed by atoms with Gasteiger partial charge in [0.2, 0.25) is 0 Å². The Morgan fingerprint density at radius 2 is 2.46 bits per heavy atom. The molecule has 6 N–H and O–H groups in total. The van der Waals surface area contributed by atoms with Crippen molar-refractivity contribution in [3.05, 3.63) is 10.6 Å². The molecule has 0 fully saturated rings. The van der Waals surface area contributed by atoms with Gasteiger partial charge in [0, 0.05) is 0 Å². The third-order valence-corrected chi connectivity index (χ3v) is 2.89. The third-order valence-electron chi connectivity index (χ3n) is 1.37. The van der Waals surface area contributed by atoms with Gasteiger partial charge in [0.15, 0.2) is 0 Å². The first kappa shape index (κ1) is 12.6. The Kier molecular flexibility index (Phi) is 5.24. The Balaban J connectivity index is 0.00000144. The quantitative estimate of drug-likeness (QED) is 0.486. The summed E-state index contributed by atoms with van der Waals surface area (Å²) in [6, 6.07) is -0.623. The van der Waals surface area contributed by atoms with Crippen LogP contribution in [0.15, 0.2) is 4.94 Å². The maximum absolute atomic E-state index is 10.4. The second kappa shape index (κ2) is 5.39. The number of carbonyl (C=O) groups is 1. The largest absolute Gasteiger partial charge is 1.00 e. The molecule has 0 amide bonds. The van der Waals surface area contributed by atoms with E-state index in [2.05, 4.69) is 10.7 Å². The van der Waals surface area contributed by atoms with Crippen LogP contribution in [0.5, 0.6) is 0 Å². The zero-order valence-electron chi connectivity index (χ0n) is 6.74. The molecule has 1 aromatic heterocycles. The predicted molar refractivity (Wildman–Crippen MR) is 43.6 cm³/mol. The molecule has 74 valence electrons. The van der Waals surface area contributed by atoms with Crippen molar-refractivity contribution in [3.8, 4) is 0 Å². The molecular formula is C6H10BrN3O2Se. The summed E-state index contributed by atoms with van der Waals surface area (Å²) in [5, 5.41) is 8.54. The Morgan fingerprint density at radius 1 is 1.85 bits per heavy atom. The van der Waals surface area contributed by atoms with E-state index in [1.807, 2.05) is 4.94 Å². The summed E-state index contributed by atoms with van der Waals surface area (Å²) in [7, 11) is 0. The van der Waals surface area contributed by atoms with Gasteiger partial charge >= 0.3 is 74.6 Å². The van der Waals surface area contributed by atoms with Crippen LogP contribution in [0.25, 0.3) is 0 Å². The minimum atomic E-state index is -0.899. The van der Waals surface area contributed by atoms with Crippen LogP contribution in [0, 0.1) is 0 Å². The number of nitrogens with two attached hydrogens (primary N) is 1. The van der Waals surface area contributed by atoms with Gasteiger partial charge in [0.05, 0.1) is 0 Å². The molecular weight excluding hydrogens is 305 g/mol. The van der Waals surface area contributed by atoms with Crippen LogP contribution >= 0.6 is 0 Å². The van der Waals surface area contributed by atoms with Crippen molar-refractivity contribution in [2.45, 2.75) is 12.5 Å². The zero-order chi connectivity index (χ0) is 9.14. The van der Waals surface area contributed by atoms with Gasteiger partial charge in [-0.3, -0.25) is 0 Å². The van der Waals surface area contributed by atoms with Crippen molar-refractivity contribution in [1.29, 1.82) is 0 Å². The van der Waals surface area contributed by atoms with Crippen LogP contribution in [-0.4, -0.2) is 36.6 Å². The predicted octanol–water partition coefficient (Wildman–Crippen LogP) is -5.04. The van der Waals surface area contributed by atoms with Crippen molar-refractivity contribution in [2.75, 3.05) is 5.73 Å². The van der Waals surface area contributed by atoms with Crippen molar-refractivity contribution in [2.24, 2.45) is 0 Å². The van der Waals surface area contributed by atoms with E-state index in [0.29, 0.717) is 11.1 Å². The monoisotopic (exact) mass is 315 g/mol. The van der Waals surface area contributed by atoms with Crippen LogP contribution < -0.4 is 28.4 Å². The number of nitrogen functional groups attached to an aromatic ring is 1. The molecule has 0 saturated carbocycles. The molecule has 0 aliphatic heterocycles. The summed E-state index contributed by atoms with van der Waals surface area (Å²) in [5.74, 6) is -0.899. The fourth-order valence-electron chi connectivity index (χ4n) is 0.756. The molecule has 0 aromatic carbocycles. The van der Waals surface area contributed by atoms with Gasteiger partial charge in [-0.15, -0.1) is 0 Å². The minimum Gasteiger partial charge on any atom is -1.00 e. The van der Waals surface area contributed by atoms with Crippen molar-refractivity contribution in [1.82, 2.24) is 4.98 Å². The molecule has 0 spiro atoms. The molecule has 13 heavy (non-hydrogen) atoms. The van der Waals surface area contributed by atoms with E-state index in [-0.39, 0.29) is 31.5 Å². The van der Waals surface area contributed by atoms with Crippen LogP contribution in [0.2, 0.25) is 0 Å². The number of hydrogen-bond acceptors (Lipinski definition) is 3. The Hall–Kier alpha value is -0.361. The number of anilines is 1. The molecule has 0 aliphatic carbocycles. The number of aliphatic carboxylic acids is 1. The molecule has 7 heteroatoms. The van der Waals surface area contributed by atoms with E-state index >= 15 is 0 Å². The minimum absolute atomic E-state index is 0. The number of rotatable bonds is 3. The van der Waals surface area contributed by atoms with E-state index in [1.54, 1.807) is 0 Å². The number of quaternary nitrogens is 1. The van der Waals surface area contributed by atoms with E-state index in [9.17, 15) is 4.79 Å². The summed E-state index contributed by atoms with van der Waals surface area (Å²) < 4.78 is 0.607. The maximum Gasteiger partial charge on any atom is -1.00 e. The Bertz CT molecular complexity index is 291. The molecule has 1 aromatic rings. The number of nitrogens with zero attached hydrogens (tertiary/aromatic N) is 1. The first-order valence-electron chi connectivity index (χ1n) is 3.35. The normalized spacial score (nSPS) is 11.8. The third kappa shape index (κ3) is 3.91. The summed E-state index contributed by atoms with van der Waals surface area (Å²) in [6.07, 6.45) is 0.373. The first-order valence-corrected chi connectivity index (χ1v) is 5.20. The second-order valence-corrected chi connectivity index (χ2v) is 4.28. The van der Waals surface area contributed by atoms with E-state index in [4.69, 9.17) is 10.8 Å². The number of carboxylic acid groups (broad SMARTS) is 1. The standard InChI is InChI=1S/C6H9N3O2Se.BrH/c7-4(5(10)11)1-3-2-12-6(8)9-3;/h2,4H,1,7H2,(H2,8,9)(H,10,11);1H/t4-;/m0./s1. The summed E-state index contributed by atoms with van der Waals surface area (Å²) in [5.41, 5.74) is 9.68. The molecule has 1 rings (SSSR count). The van der Waals surface area contributed by atoms with Gasteiger partial charge in [-0.05, 0) is 0 Å². The maximum atomic E-state index is 10.4. The average Bonchev–Trinajstić information content (AvgIpc) is 2.35. The summed E-state index contributed by atoms with van der Waals surface area (Å²) >= 11 is 0.119. The zero-order valence-corrected chi connectivity index (χ0v) is 10.0. The fourth-order valence-corrected chi connectivity index (χ4v) is 1.96. The van der Waals surface area contributed by atoms with Crippen LogP contribution in [0.1, 0.15) is 5.69 Å². The summed E-state index contributed by atoms with van der Waals surface area (Å²) in [4.78, 5) is 16.3. The van der Waals surface area contributed by atoms with Gasteiger partial charge < -0.3 is 17.0 Å². The van der Waals surface area contributed by atoms with E-state index in [0.717, 1.165) is 5.69 Å². The first-order chi connectivity index (χ1) is 5.59. The smallest absolute Gasteiger partial charge is 1.00 e. The fraction of sp³-hybridized carbons (Fsp3) is 0.333. The Labute approximate surface area is 91.7 Å². The topological polar surface area (TPSA) is 104 Å². The van der Waals surface area contributed by atoms with Gasteiger partial charge in [-0.25, -0.2) is 0 Å². The molecule has 0 saturated heterocycles. The van der Waals surface area contributed by atoms with Gasteiger partial charge in [0.1, 0.15) is 0 Å². The van der Waals surface area contributed by atoms with Crippen LogP contribution in [0.3, 0.4) is 0 Å². The molecule has 0 unspecified atom stereocenters. The van der Waals surface area contributed by atoms with Gasteiger partial charge in [-0.1, -0.05) is 0 Å². The van der Waals surface area contributed by atoms with E-state index < -0.39 is 12.0 Å². The number of hydrogen-bond donors (Lipinski definition) is 3. The molecule has 0 aliphatic rings. The summed E-state index contributed by atoms with van der Waals surface area (Å²) in [6.45, 7) is 0. The molecule has 1 atom stereocenters. The van der Waals surface area contributed by atoms with Crippen molar-refractivity contribution < 1.29 is 32.6 Å². The van der Waals surface area contributed by atoms with Crippen LogP contribution in [0.4, 0.5) is 4.69 Å². The molecule has 5 nitrogen and oxygen atoms in total. The Morgan fingerprint density at radius 3 is 2.85 bits per heavy atom. The SMILES string of the molecule is Nc1nc(C[C@H]([NH3+])C(=O)O)c[se]1.[Br-]. The van der Waals surface area contributed by atoms with Crippen molar-refractivity contribution >= 4 is 25.2 Å². The van der Waals surface area contributed by atoms with Crippen LogP contribution in [-0.2, 0) is 11.2 Å². The number of halogens is 1. The molecule has 0 bridgehead atoms. The number of aromatic nitrogens is 1. The average molecular weight is 315 g/mol. The molecule has 0 radical (unpaired) electrons. The second-order valence-electron chi connectivity index (χ2n) is 2.42. The molecule has 1 heterocycles. The van der Waals surface area contributed by atoms with Gasteiger partial charge in [0.25, 0.3) is 0 Å². The van der Waals surface area contributed by atoms with Crippen molar-refractivity contribution in [3.63, 3.8) is 0 Å². The number of carboxylic acids is 1. The van der Waals surface area contributed by atoms with Gasteiger partial charge in [-0.2, -0.15) is 0 Å².